The van der Waals surface area contributed by atoms with Gasteiger partial charge in [0.1, 0.15) is 5.82 Å². The molecule has 0 N–H and O–H groups in total. The van der Waals surface area contributed by atoms with Crippen molar-refractivity contribution in [1.29, 1.82) is 0 Å². The Labute approximate surface area is 94.9 Å². The van der Waals surface area contributed by atoms with Gasteiger partial charge in [0.2, 0.25) is 0 Å². The van der Waals surface area contributed by atoms with Gasteiger partial charge in [-0.1, -0.05) is 27.7 Å². The first-order valence-corrected chi connectivity index (χ1v) is 5.43. The Bertz CT molecular complexity index is 437. The van der Waals surface area contributed by atoms with Crippen LogP contribution in [0.3, 0.4) is 0 Å². The monoisotopic (exact) mass is 221 g/mol. The maximum atomic E-state index is 13.0. The van der Waals surface area contributed by atoms with Crippen molar-refractivity contribution in [2.45, 2.75) is 27.7 Å². The summed E-state index contributed by atoms with van der Waals surface area (Å²) in [6, 6.07) is 1.26. The highest BCUT2D eigenvalue weighted by Gasteiger charge is 2.67. The molecule has 0 aliphatic heterocycles. The second kappa shape index (κ2) is 3.12. The Morgan fingerprint density at radius 2 is 1.81 bits per heavy atom. The number of carbonyl (C=O) groups is 1. The summed E-state index contributed by atoms with van der Waals surface area (Å²) in [7, 11) is 0. The summed E-state index contributed by atoms with van der Waals surface area (Å²) < 4.78 is 13.0. The minimum atomic E-state index is -0.456. The maximum absolute atomic E-state index is 13.0. The van der Waals surface area contributed by atoms with E-state index in [1.54, 1.807) is 0 Å². The standard InChI is InChI=1S/C13H16FNO/c1-12(2)11(13(12,3)4)10(16)8-5-9(14)7-15-6-8/h5-7,11H,1-4H3. The van der Waals surface area contributed by atoms with E-state index >= 15 is 0 Å². The zero-order chi connectivity index (χ0) is 12.1. The minimum Gasteiger partial charge on any atom is -0.294 e. The lowest BCUT2D eigenvalue weighted by Gasteiger charge is -2.03. The third kappa shape index (κ3) is 1.38. The first kappa shape index (κ1) is 11.2. The van der Waals surface area contributed by atoms with Gasteiger partial charge in [-0.3, -0.25) is 9.78 Å². The molecule has 16 heavy (non-hydrogen) atoms. The van der Waals surface area contributed by atoms with Gasteiger partial charge in [-0.05, 0) is 16.9 Å². The predicted molar refractivity (Wildman–Crippen MR) is 59.6 cm³/mol. The summed E-state index contributed by atoms with van der Waals surface area (Å²) in [5, 5.41) is 0. The molecule has 2 rings (SSSR count). The van der Waals surface area contributed by atoms with Crippen molar-refractivity contribution in [3.8, 4) is 0 Å². The van der Waals surface area contributed by atoms with Gasteiger partial charge in [0.25, 0.3) is 0 Å². The Hall–Kier alpha value is -1.25. The highest BCUT2D eigenvalue weighted by molar-refractivity contribution is 6.00. The summed E-state index contributed by atoms with van der Waals surface area (Å²) in [6.45, 7) is 8.29. The summed E-state index contributed by atoms with van der Waals surface area (Å²) in [5.41, 5.74) is 0.343. The number of aromatic nitrogens is 1. The van der Waals surface area contributed by atoms with Gasteiger partial charge in [0, 0.05) is 17.7 Å². The lowest BCUT2D eigenvalue weighted by atomic mass is 10.0. The van der Waals surface area contributed by atoms with Crippen LogP contribution >= 0.6 is 0 Å². The molecular weight excluding hydrogens is 205 g/mol. The van der Waals surface area contributed by atoms with Crippen LogP contribution in [0.1, 0.15) is 38.1 Å². The van der Waals surface area contributed by atoms with Gasteiger partial charge in [-0.25, -0.2) is 4.39 Å². The molecular formula is C13H16FNO. The molecule has 2 nitrogen and oxygen atoms in total. The van der Waals surface area contributed by atoms with Crippen LogP contribution in [0.25, 0.3) is 0 Å². The molecule has 1 aliphatic carbocycles. The number of ketones is 1. The van der Waals surface area contributed by atoms with E-state index in [9.17, 15) is 9.18 Å². The van der Waals surface area contributed by atoms with E-state index < -0.39 is 5.82 Å². The van der Waals surface area contributed by atoms with Crippen LogP contribution in [0.5, 0.6) is 0 Å². The van der Waals surface area contributed by atoms with Gasteiger partial charge in [0.05, 0.1) is 6.20 Å². The smallest absolute Gasteiger partial charge is 0.168 e. The van der Waals surface area contributed by atoms with Gasteiger partial charge in [0.15, 0.2) is 5.78 Å². The molecule has 0 atom stereocenters. The number of hydrogen-bond acceptors (Lipinski definition) is 2. The Morgan fingerprint density at radius 1 is 1.25 bits per heavy atom. The maximum Gasteiger partial charge on any atom is 0.168 e. The van der Waals surface area contributed by atoms with Crippen molar-refractivity contribution in [3.05, 3.63) is 29.8 Å². The topological polar surface area (TPSA) is 30.0 Å². The van der Waals surface area contributed by atoms with Crippen LogP contribution in [0.4, 0.5) is 4.39 Å². The van der Waals surface area contributed by atoms with E-state index in [0.29, 0.717) is 5.56 Å². The molecule has 1 aromatic rings. The van der Waals surface area contributed by atoms with Crippen molar-refractivity contribution in [1.82, 2.24) is 4.98 Å². The third-order valence-electron chi connectivity index (χ3n) is 4.27. The molecule has 86 valence electrons. The molecule has 1 aromatic heterocycles. The summed E-state index contributed by atoms with van der Waals surface area (Å²) in [4.78, 5) is 15.9. The highest BCUT2D eigenvalue weighted by atomic mass is 19.1. The number of halogens is 1. The number of nitrogens with zero attached hydrogens (tertiary/aromatic N) is 1. The number of Topliss-reactive ketones (excluding diaryl/α,β-unsaturated/α-hetero) is 1. The van der Waals surface area contributed by atoms with E-state index in [1.807, 2.05) is 0 Å². The van der Waals surface area contributed by atoms with Crippen molar-refractivity contribution in [2.24, 2.45) is 16.7 Å². The lowest BCUT2D eigenvalue weighted by Crippen LogP contribution is -2.08. The molecule has 1 aliphatic rings. The first-order chi connectivity index (χ1) is 7.28. The second-order valence-corrected chi connectivity index (χ2v) is 5.63. The fourth-order valence-electron chi connectivity index (χ4n) is 2.57. The number of carbonyl (C=O) groups excluding carboxylic acids is 1. The van der Waals surface area contributed by atoms with Crippen LogP contribution in [0.15, 0.2) is 18.5 Å². The summed E-state index contributed by atoms with van der Waals surface area (Å²) in [5.74, 6) is -0.493. The van der Waals surface area contributed by atoms with Crippen LogP contribution < -0.4 is 0 Å². The number of hydrogen-bond donors (Lipinski definition) is 0. The van der Waals surface area contributed by atoms with Crippen LogP contribution in [0, 0.1) is 22.6 Å². The number of rotatable bonds is 2. The molecule has 1 heterocycles. The van der Waals surface area contributed by atoms with Gasteiger partial charge >= 0.3 is 0 Å². The Balaban J connectivity index is 2.29. The zero-order valence-corrected chi connectivity index (χ0v) is 10.0. The lowest BCUT2D eigenvalue weighted by molar-refractivity contribution is 0.0944. The van der Waals surface area contributed by atoms with E-state index in [2.05, 4.69) is 32.7 Å². The molecule has 0 bridgehead atoms. The SMILES string of the molecule is CC1(C)C(C(=O)c2cncc(F)c2)C1(C)C. The average Bonchev–Trinajstić information content (AvgIpc) is 2.56. The molecule has 0 aromatic carbocycles. The minimum absolute atomic E-state index is 0.00185. The summed E-state index contributed by atoms with van der Waals surface area (Å²) in [6.07, 6.45) is 2.55. The van der Waals surface area contributed by atoms with Crippen LogP contribution in [-0.4, -0.2) is 10.8 Å². The van der Waals surface area contributed by atoms with Crippen molar-refractivity contribution in [3.63, 3.8) is 0 Å². The molecule has 0 saturated heterocycles. The quantitative estimate of drug-likeness (QED) is 0.718. The largest absolute Gasteiger partial charge is 0.294 e. The summed E-state index contributed by atoms with van der Waals surface area (Å²) >= 11 is 0. The Kier molecular flexibility index (Phi) is 2.19. The Morgan fingerprint density at radius 3 is 2.25 bits per heavy atom. The van der Waals surface area contributed by atoms with Crippen molar-refractivity contribution >= 4 is 5.78 Å². The van der Waals surface area contributed by atoms with Crippen LogP contribution in [-0.2, 0) is 0 Å². The van der Waals surface area contributed by atoms with Crippen molar-refractivity contribution in [2.75, 3.05) is 0 Å². The molecule has 0 radical (unpaired) electrons. The molecule has 1 fully saturated rings. The van der Waals surface area contributed by atoms with E-state index in [0.717, 1.165) is 6.20 Å². The fraction of sp³-hybridized carbons (Fsp3) is 0.538. The van der Waals surface area contributed by atoms with Gasteiger partial charge in [-0.15, -0.1) is 0 Å². The second-order valence-electron chi connectivity index (χ2n) is 5.63. The molecule has 1 saturated carbocycles. The van der Waals surface area contributed by atoms with Gasteiger partial charge < -0.3 is 0 Å². The van der Waals surface area contributed by atoms with Crippen molar-refractivity contribution < 1.29 is 9.18 Å². The van der Waals surface area contributed by atoms with E-state index in [4.69, 9.17) is 0 Å². The molecule has 0 unspecified atom stereocenters. The molecule has 0 amide bonds. The van der Waals surface area contributed by atoms with E-state index in [1.165, 1.54) is 12.3 Å². The average molecular weight is 221 g/mol. The third-order valence-corrected chi connectivity index (χ3v) is 4.27. The first-order valence-electron chi connectivity index (χ1n) is 5.43. The predicted octanol–water partition coefficient (Wildman–Crippen LogP) is 3.09. The molecule has 3 heteroatoms. The fourth-order valence-corrected chi connectivity index (χ4v) is 2.57. The van der Waals surface area contributed by atoms with Crippen LogP contribution in [0.2, 0.25) is 0 Å². The highest BCUT2D eigenvalue weighted by Crippen LogP contribution is 2.69. The number of pyridine rings is 1. The zero-order valence-electron chi connectivity index (χ0n) is 10.0. The van der Waals surface area contributed by atoms with Gasteiger partial charge in [-0.2, -0.15) is 0 Å². The normalized spacial score (nSPS) is 21.8. The van der Waals surface area contributed by atoms with E-state index in [-0.39, 0.29) is 22.5 Å². The molecule has 0 spiro atoms.